The molecule has 1 aliphatic rings. The summed E-state index contributed by atoms with van der Waals surface area (Å²) in [5, 5.41) is 0.205. The van der Waals surface area contributed by atoms with Crippen LogP contribution in [-0.2, 0) is 9.59 Å². The maximum atomic E-state index is 12.0. The molecule has 5 nitrogen and oxygen atoms in total. The molecule has 1 aliphatic heterocycles. The largest absolute Gasteiger partial charge is 0.288 e. The van der Waals surface area contributed by atoms with Crippen molar-refractivity contribution in [1.29, 1.82) is 0 Å². The quantitative estimate of drug-likeness (QED) is 0.424. The minimum absolute atomic E-state index is 0.0970. The molecule has 18 heavy (non-hydrogen) atoms. The van der Waals surface area contributed by atoms with Crippen LogP contribution in [0.3, 0.4) is 0 Å². The lowest BCUT2D eigenvalue weighted by Gasteiger charge is -2.31. The highest BCUT2D eigenvalue weighted by atomic mass is 32.1. The molecule has 0 spiro atoms. The van der Waals surface area contributed by atoms with Gasteiger partial charge in [-0.25, -0.2) is 0 Å². The topological polar surface area (TPSA) is 53.5 Å². The number of rotatable bonds is 1. The van der Waals surface area contributed by atoms with Gasteiger partial charge in [0.25, 0.3) is 11.8 Å². The van der Waals surface area contributed by atoms with Gasteiger partial charge in [-0.2, -0.15) is 0 Å². The van der Waals surface area contributed by atoms with Crippen molar-refractivity contribution in [2.45, 2.75) is 0 Å². The van der Waals surface area contributed by atoms with Gasteiger partial charge < -0.3 is 0 Å². The van der Waals surface area contributed by atoms with Crippen molar-refractivity contribution in [3.63, 3.8) is 0 Å². The molecule has 1 fully saturated rings. The molecule has 1 aromatic heterocycles. The van der Waals surface area contributed by atoms with Crippen molar-refractivity contribution in [3.8, 4) is 0 Å². The Morgan fingerprint density at radius 2 is 1.61 bits per heavy atom. The summed E-state index contributed by atoms with van der Waals surface area (Å²) in [6.07, 6.45) is 4.74. The summed E-state index contributed by atoms with van der Waals surface area (Å²) >= 11 is 5.00. The van der Waals surface area contributed by atoms with Crippen molar-refractivity contribution in [2.24, 2.45) is 0 Å². The Hall–Kier alpha value is -2.08. The van der Waals surface area contributed by atoms with Crippen molar-refractivity contribution < 1.29 is 9.59 Å². The van der Waals surface area contributed by atoms with Crippen molar-refractivity contribution >= 4 is 35.2 Å². The predicted octanol–water partition coefficient (Wildman–Crippen LogP) is 0.680. The van der Waals surface area contributed by atoms with E-state index in [-0.39, 0.29) is 22.5 Å². The Kier molecular flexibility index (Phi) is 3.20. The van der Waals surface area contributed by atoms with E-state index in [1.54, 1.807) is 44.7 Å². The van der Waals surface area contributed by atoms with Gasteiger partial charge in [0.1, 0.15) is 5.57 Å². The number of likely N-dealkylation sites (N-methyl/N-ethyl adjacent to an activating group) is 2. The monoisotopic (exact) mass is 261 g/mol. The maximum Gasteiger partial charge on any atom is 0.265 e. The summed E-state index contributed by atoms with van der Waals surface area (Å²) in [5.74, 6) is -0.778. The van der Waals surface area contributed by atoms with Crippen molar-refractivity contribution in [2.75, 3.05) is 14.1 Å². The fraction of sp³-hybridized carbons (Fsp3) is 0.167. The van der Waals surface area contributed by atoms with Gasteiger partial charge >= 0.3 is 0 Å². The van der Waals surface area contributed by atoms with Gasteiger partial charge in [-0.1, -0.05) is 0 Å². The lowest BCUT2D eigenvalue weighted by Crippen LogP contribution is -2.52. The zero-order valence-electron chi connectivity index (χ0n) is 9.95. The van der Waals surface area contributed by atoms with Crippen LogP contribution in [0.25, 0.3) is 6.08 Å². The van der Waals surface area contributed by atoms with Crippen molar-refractivity contribution in [3.05, 3.63) is 35.7 Å². The van der Waals surface area contributed by atoms with Crippen LogP contribution in [0.5, 0.6) is 0 Å². The Morgan fingerprint density at radius 1 is 1.11 bits per heavy atom. The molecule has 0 aliphatic carbocycles. The van der Waals surface area contributed by atoms with E-state index < -0.39 is 0 Å². The second-order valence-electron chi connectivity index (χ2n) is 3.85. The number of carbonyl (C=O) groups excluding carboxylic acids is 2. The third-order valence-corrected chi connectivity index (χ3v) is 3.21. The fourth-order valence-electron chi connectivity index (χ4n) is 1.60. The highest BCUT2D eigenvalue weighted by Crippen LogP contribution is 2.17. The molecule has 0 bridgehead atoms. The van der Waals surface area contributed by atoms with Crippen LogP contribution < -0.4 is 0 Å². The van der Waals surface area contributed by atoms with E-state index in [0.717, 1.165) is 5.56 Å². The van der Waals surface area contributed by atoms with Gasteiger partial charge in [0.2, 0.25) is 0 Å². The third-order valence-electron chi connectivity index (χ3n) is 2.66. The second kappa shape index (κ2) is 4.66. The minimum Gasteiger partial charge on any atom is -0.288 e. The standard InChI is InChI=1S/C12H11N3O2S/c1-14-10(16)9(11(17)15(2)12(14)18)7-8-3-5-13-6-4-8/h3-7H,1-2H3. The average Bonchev–Trinajstić information content (AvgIpc) is 2.40. The normalized spacial score (nSPS) is 16.3. The van der Waals surface area contributed by atoms with E-state index in [1.807, 2.05) is 0 Å². The van der Waals surface area contributed by atoms with E-state index in [1.165, 1.54) is 9.80 Å². The maximum absolute atomic E-state index is 12.0. The first-order valence-electron chi connectivity index (χ1n) is 5.24. The lowest BCUT2D eigenvalue weighted by atomic mass is 10.1. The Labute approximate surface area is 110 Å². The summed E-state index contributed by atoms with van der Waals surface area (Å²) in [6.45, 7) is 0. The van der Waals surface area contributed by atoms with Gasteiger partial charge in [-0.05, 0) is 36.0 Å². The smallest absolute Gasteiger partial charge is 0.265 e. The summed E-state index contributed by atoms with van der Waals surface area (Å²) in [7, 11) is 3.10. The van der Waals surface area contributed by atoms with Crippen LogP contribution in [0.4, 0.5) is 0 Å². The number of pyridine rings is 1. The fourth-order valence-corrected chi connectivity index (χ4v) is 1.77. The molecule has 92 valence electrons. The molecule has 0 atom stereocenters. The molecule has 2 amide bonds. The molecule has 0 aromatic carbocycles. The lowest BCUT2D eigenvalue weighted by molar-refractivity contribution is -0.132. The molecular formula is C12H11N3O2S. The van der Waals surface area contributed by atoms with E-state index in [2.05, 4.69) is 4.98 Å². The number of hydrogen-bond acceptors (Lipinski definition) is 4. The van der Waals surface area contributed by atoms with E-state index in [4.69, 9.17) is 12.2 Å². The van der Waals surface area contributed by atoms with Crippen LogP contribution in [0.2, 0.25) is 0 Å². The summed E-state index contributed by atoms with van der Waals surface area (Å²) in [4.78, 5) is 30.4. The zero-order chi connectivity index (χ0) is 13.3. The second-order valence-corrected chi connectivity index (χ2v) is 4.21. The van der Waals surface area contributed by atoms with Crippen LogP contribution >= 0.6 is 12.2 Å². The molecule has 2 rings (SSSR count). The summed E-state index contributed by atoms with van der Waals surface area (Å²) < 4.78 is 0. The molecule has 0 radical (unpaired) electrons. The van der Waals surface area contributed by atoms with Gasteiger partial charge in [-0.15, -0.1) is 0 Å². The molecule has 0 N–H and O–H groups in total. The SMILES string of the molecule is CN1C(=O)C(=Cc2ccncc2)C(=O)N(C)C1=S. The molecule has 1 aromatic rings. The van der Waals surface area contributed by atoms with E-state index in [9.17, 15) is 9.59 Å². The average molecular weight is 261 g/mol. The molecule has 2 heterocycles. The number of amides is 2. The highest BCUT2D eigenvalue weighted by Gasteiger charge is 2.35. The van der Waals surface area contributed by atoms with Crippen molar-refractivity contribution in [1.82, 2.24) is 14.8 Å². The highest BCUT2D eigenvalue weighted by molar-refractivity contribution is 7.80. The molecular weight excluding hydrogens is 250 g/mol. The summed E-state index contributed by atoms with van der Waals surface area (Å²) in [6, 6.07) is 3.45. The Morgan fingerprint density at radius 3 is 2.11 bits per heavy atom. The van der Waals surface area contributed by atoms with Gasteiger partial charge in [-0.3, -0.25) is 24.4 Å². The van der Waals surface area contributed by atoms with Gasteiger partial charge in [0, 0.05) is 26.5 Å². The minimum atomic E-state index is -0.389. The predicted molar refractivity (Wildman–Crippen MR) is 70.4 cm³/mol. The molecule has 6 heteroatoms. The third kappa shape index (κ3) is 2.02. The number of thiocarbonyl (C=S) groups is 1. The number of nitrogens with zero attached hydrogens (tertiary/aromatic N) is 3. The first kappa shape index (κ1) is 12.4. The first-order valence-corrected chi connectivity index (χ1v) is 5.65. The van der Waals surface area contributed by atoms with Crippen LogP contribution in [0, 0.1) is 0 Å². The molecule has 0 unspecified atom stereocenters. The van der Waals surface area contributed by atoms with Crippen LogP contribution in [-0.4, -0.2) is 45.8 Å². The number of aromatic nitrogens is 1. The Bertz CT molecular complexity index is 528. The van der Waals surface area contributed by atoms with Gasteiger partial charge in [0.05, 0.1) is 0 Å². The molecule has 0 saturated carbocycles. The number of carbonyl (C=O) groups is 2. The van der Waals surface area contributed by atoms with E-state index >= 15 is 0 Å². The zero-order valence-corrected chi connectivity index (χ0v) is 10.8. The van der Waals surface area contributed by atoms with Crippen LogP contribution in [0.15, 0.2) is 30.1 Å². The van der Waals surface area contributed by atoms with E-state index in [0.29, 0.717) is 0 Å². The molecule has 1 saturated heterocycles. The number of hydrogen-bond donors (Lipinski definition) is 0. The summed E-state index contributed by atoms with van der Waals surface area (Å²) in [5.41, 5.74) is 0.844. The van der Waals surface area contributed by atoms with Gasteiger partial charge in [0.15, 0.2) is 5.11 Å². The Balaban J connectivity index is 2.44. The van der Waals surface area contributed by atoms with Crippen LogP contribution in [0.1, 0.15) is 5.56 Å². The first-order chi connectivity index (χ1) is 8.52.